The number of aliphatic hydroxyl groups excluding tert-OH is 1. The van der Waals surface area contributed by atoms with Crippen molar-refractivity contribution in [1.82, 2.24) is 5.32 Å². The lowest BCUT2D eigenvalue weighted by Crippen LogP contribution is -2.32. The van der Waals surface area contributed by atoms with Crippen LogP contribution in [0.4, 0.5) is 13.2 Å². The Morgan fingerprint density at radius 1 is 1.04 bits per heavy atom. The number of nitrogens with one attached hydrogen (secondary N) is 1. The molecule has 27 heavy (non-hydrogen) atoms. The van der Waals surface area contributed by atoms with Gasteiger partial charge in [0.25, 0.3) is 0 Å². The van der Waals surface area contributed by atoms with Crippen LogP contribution in [0, 0.1) is 0 Å². The molecule has 0 saturated carbocycles. The van der Waals surface area contributed by atoms with Crippen molar-refractivity contribution in [1.29, 1.82) is 0 Å². The zero-order valence-electron chi connectivity index (χ0n) is 14.4. The van der Waals surface area contributed by atoms with Crippen LogP contribution in [-0.4, -0.2) is 37.4 Å². The molecule has 2 aromatic rings. The maximum Gasteiger partial charge on any atom is 0.416 e. The summed E-state index contributed by atoms with van der Waals surface area (Å²) >= 11 is 0. The van der Waals surface area contributed by atoms with Gasteiger partial charge in [0.15, 0.2) is 0 Å². The molecule has 0 spiro atoms. The minimum absolute atomic E-state index is 0.168. The highest BCUT2D eigenvalue weighted by Gasteiger charge is 2.34. The Labute approximate surface area is 154 Å². The van der Waals surface area contributed by atoms with E-state index in [0.717, 1.165) is 6.07 Å². The minimum atomic E-state index is -4.58. The van der Waals surface area contributed by atoms with E-state index < -0.39 is 23.8 Å². The molecule has 0 heterocycles. The Bertz CT molecular complexity index is 722. The summed E-state index contributed by atoms with van der Waals surface area (Å²) in [5.41, 5.74) is -1.22. The molecule has 5 nitrogen and oxygen atoms in total. The lowest BCUT2D eigenvalue weighted by Gasteiger charge is -2.18. The van der Waals surface area contributed by atoms with Crippen molar-refractivity contribution >= 4 is 5.91 Å². The summed E-state index contributed by atoms with van der Waals surface area (Å²) in [5, 5.41) is 12.3. The lowest BCUT2D eigenvalue weighted by molar-refractivity contribution is -0.139. The number of hydrogen-bond acceptors (Lipinski definition) is 4. The molecule has 1 unspecified atom stereocenters. The SMILES string of the molecule is O=C(COCCOc1ccccc1)NCC(O)c1ccccc1C(F)(F)F. The number of aliphatic hydroxyl groups is 1. The molecule has 0 bridgehead atoms. The summed E-state index contributed by atoms with van der Waals surface area (Å²) in [6.07, 6.45) is -6.06. The zero-order chi connectivity index (χ0) is 19.7. The summed E-state index contributed by atoms with van der Waals surface area (Å²) < 4.78 is 49.3. The summed E-state index contributed by atoms with van der Waals surface area (Å²) in [7, 11) is 0. The molecule has 0 aliphatic rings. The fourth-order valence-corrected chi connectivity index (χ4v) is 2.32. The minimum Gasteiger partial charge on any atom is -0.491 e. The normalized spacial score (nSPS) is 12.4. The van der Waals surface area contributed by atoms with Crippen molar-refractivity contribution in [2.45, 2.75) is 12.3 Å². The van der Waals surface area contributed by atoms with Crippen molar-refractivity contribution in [2.75, 3.05) is 26.4 Å². The first-order valence-corrected chi connectivity index (χ1v) is 8.24. The van der Waals surface area contributed by atoms with Crippen LogP contribution < -0.4 is 10.1 Å². The van der Waals surface area contributed by atoms with Crippen molar-refractivity contribution < 1.29 is 32.5 Å². The van der Waals surface area contributed by atoms with Crippen LogP contribution in [0.5, 0.6) is 5.75 Å². The van der Waals surface area contributed by atoms with Crippen LogP contribution in [-0.2, 0) is 15.7 Å². The van der Waals surface area contributed by atoms with Crippen LogP contribution >= 0.6 is 0 Å². The average Bonchev–Trinajstić information content (AvgIpc) is 2.66. The standard InChI is InChI=1S/C19H20F3NO4/c20-19(21,22)16-9-5-4-8-15(16)17(24)12-23-18(25)13-26-10-11-27-14-6-2-1-3-7-14/h1-9,17,24H,10-13H2,(H,23,25). The number of rotatable bonds is 9. The van der Waals surface area contributed by atoms with Crippen LogP contribution in [0.1, 0.15) is 17.2 Å². The number of ether oxygens (including phenoxy) is 2. The molecule has 0 aliphatic heterocycles. The Morgan fingerprint density at radius 2 is 1.70 bits per heavy atom. The van der Waals surface area contributed by atoms with Gasteiger partial charge in [-0.05, 0) is 23.8 Å². The lowest BCUT2D eigenvalue weighted by atomic mass is 10.0. The van der Waals surface area contributed by atoms with Gasteiger partial charge in [-0.2, -0.15) is 13.2 Å². The number of halogens is 3. The van der Waals surface area contributed by atoms with Crippen LogP contribution in [0.2, 0.25) is 0 Å². The number of hydrogen-bond donors (Lipinski definition) is 2. The third-order valence-electron chi connectivity index (χ3n) is 3.59. The second kappa shape index (κ2) is 9.94. The number of para-hydroxylation sites is 1. The molecule has 2 rings (SSSR count). The monoisotopic (exact) mass is 383 g/mol. The number of alkyl halides is 3. The first-order chi connectivity index (χ1) is 12.9. The Hall–Kier alpha value is -2.58. The van der Waals surface area contributed by atoms with Gasteiger partial charge < -0.3 is 19.9 Å². The van der Waals surface area contributed by atoms with Gasteiger partial charge >= 0.3 is 6.18 Å². The molecule has 146 valence electrons. The smallest absolute Gasteiger partial charge is 0.416 e. The molecule has 2 aromatic carbocycles. The molecule has 1 amide bonds. The largest absolute Gasteiger partial charge is 0.491 e. The van der Waals surface area contributed by atoms with Crippen LogP contribution in [0.25, 0.3) is 0 Å². The molecule has 0 saturated heterocycles. The van der Waals surface area contributed by atoms with E-state index in [1.165, 1.54) is 18.2 Å². The van der Waals surface area contributed by atoms with Crippen molar-refractivity contribution in [2.24, 2.45) is 0 Å². The van der Waals surface area contributed by atoms with Crippen molar-refractivity contribution in [3.8, 4) is 5.75 Å². The third-order valence-corrected chi connectivity index (χ3v) is 3.59. The molecule has 0 aromatic heterocycles. The average molecular weight is 383 g/mol. The van der Waals surface area contributed by atoms with Gasteiger partial charge in [-0.1, -0.05) is 36.4 Å². The predicted molar refractivity (Wildman–Crippen MR) is 92.2 cm³/mol. The van der Waals surface area contributed by atoms with Crippen LogP contribution in [0.15, 0.2) is 54.6 Å². The maximum atomic E-state index is 12.9. The number of amides is 1. The fourth-order valence-electron chi connectivity index (χ4n) is 2.32. The summed E-state index contributed by atoms with van der Waals surface area (Å²) in [6, 6.07) is 13.8. The van der Waals surface area contributed by atoms with Crippen molar-refractivity contribution in [3.63, 3.8) is 0 Å². The Balaban J connectivity index is 1.70. The second-order valence-electron chi connectivity index (χ2n) is 5.62. The van der Waals surface area contributed by atoms with E-state index in [4.69, 9.17) is 9.47 Å². The molecule has 0 fully saturated rings. The van der Waals surface area contributed by atoms with Crippen molar-refractivity contribution in [3.05, 3.63) is 65.7 Å². The first kappa shape index (κ1) is 20.7. The van der Waals surface area contributed by atoms with Gasteiger partial charge in [-0.15, -0.1) is 0 Å². The molecule has 1 atom stereocenters. The second-order valence-corrected chi connectivity index (χ2v) is 5.62. The Morgan fingerprint density at radius 3 is 2.41 bits per heavy atom. The quantitative estimate of drug-likeness (QED) is 0.654. The molecular formula is C19H20F3NO4. The van der Waals surface area contributed by atoms with E-state index in [1.54, 1.807) is 12.1 Å². The summed E-state index contributed by atoms with van der Waals surface area (Å²) in [5.74, 6) is 0.134. The van der Waals surface area contributed by atoms with E-state index in [1.807, 2.05) is 18.2 Å². The number of carbonyl (C=O) groups excluding carboxylic acids is 1. The van der Waals surface area contributed by atoms with Gasteiger partial charge in [-0.3, -0.25) is 4.79 Å². The van der Waals surface area contributed by atoms with Gasteiger partial charge in [0, 0.05) is 6.54 Å². The maximum absolute atomic E-state index is 12.9. The van der Waals surface area contributed by atoms with Gasteiger partial charge in [0.05, 0.1) is 18.3 Å². The van der Waals surface area contributed by atoms with E-state index in [0.29, 0.717) is 5.75 Å². The van der Waals surface area contributed by atoms with E-state index in [9.17, 15) is 23.1 Å². The highest BCUT2D eigenvalue weighted by molar-refractivity contribution is 5.77. The number of carbonyl (C=O) groups is 1. The van der Waals surface area contributed by atoms with Gasteiger partial charge in [0.1, 0.15) is 19.0 Å². The van der Waals surface area contributed by atoms with E-state index in [-0.39, 0.29) is 31.9 Å². The zero-order valence-corrected chi connectivity index (χ0v) is 14.4. The highest BCUT2D eigenvalue weighted by atomic mass is 19.4. The van der Waals surface area contributed by atoms with E-state index >= 15 is 0 Å². The first-order valence-electron chi connectivity index (χ1n) is 8.24. The predicted octanol–water partition coefficient (Wildman–Crippen LogP) is 2.95. The van der Waals surface area contributed by atoms with Gasteiger partial charge in [0.2, 0.25) is 5.91 Å². The molecule has 0 radical (unpaired) electrons. The fraction of sp³-hybridized carbons (Fsp3) is 0.316. The third kappa shape index (κ3) is 6.92. The van der Waals surface area contributed by atoms with Gasteiger partial charge in [-0.25, -0.2) is 0 Å². The Kier molecular flexibility index (Phi) is 7.63. The number of benzene rings is 2. The highest BCUT2D eigenvalue weighted by Crippen LogP contribution is 2.34. The van der Waals surface area contributed by atoms with E-state index in [2.05, 4.69) is 5.32 Å². The topological polar surface area (TPSA) is 67.8 Å². The summed E-state index contributed by atoms with van der Waals surface area (Å²) in [6.45, 7) is -0.220. The molecule has 2 N–H and O–H groups in total. The molecule has 8 heteroatoms. The van der Waals surface area contributed by atoms with Crippen LogP contribution in [0.3, 0.4) is 0 Å². The summed E-state index contributed by atoms with van der Waals surface area (Å²) in [4.78, 5) is 11.7. The molecule has 0 aliphatic carbocycles. The molecular weight excluding hydrogens is 363 g/mol.